The molecule has 2 nitrogen and oxygen atoms in total. The fraction of sp³-hybridized carbons (Fsp3) is 0.357. The average molecular weight is 403 g/mol. The number of hydrogen-bond acceptors (Lipinski definition) is 2. The van der Waals surface area contributed by atoms with Crippen LogP contribution in [-0.2, 0) is 0 Å². The minimum atomic E-state index is 0.708. The molecule has 0 aromatic heterocycles. The maximum absolute atomic E-state index is 6.40. The van der Waals surface area contributed by atoms with Crippen molar-refractivity contribution >= 4 is 21.5 Å². The molecule has 3 aromatic rings. The van der Waals surface area contributed by atoms with Crippen LogP contribution in [0.25, 0.3) is 21.5 Å². The fourth-order valence-corrected chi connectivity index (χ4v) is 3.77. The van der Waals surface area contributed by atoms with Crippen molar-refractivity contribution < 1.29 is 9.47 Å². The molecule has 0 saturated heterocycles. The van der Waals surface area contributed by atoms with E-state index in [9.17, 15) is 0 Å². The lowest BCUT2D eigenvalue weighted by Crippen LogP contribution is -2.02. The van der Waals surface area contributed by atoms with Crippen molar-refractivity contribution in [1.29, 1.82) is 0 Å². The van der Waals surface area contributed by atoms with Crippen LogP contribution in [0, 0.1) is 13.8 Å². The van der Waals surface area contributed by atoms with Crippen LogP contribution in [0.15, 0.2) is 60.7 Å². The van der Waals surface area contributed by atoms with E-state index < -0.39 is 0 Å². The molecule has 3 rings (SSSR count). The molecule has 2 heteroatoms. The van der Waals surface area contributed by atoms with E-state index in [0.717, 1.165) is 58.7 Å². The molecule has 0 aliphatic rings. The first kappa shape index (κ1) is 22.0. The maximum atomic E-state index is 6.40. The molecule has 0 unspecified atom stereocenters. The highest BCUT2D eigenvalue weighted by Crippen LogP contribution is 2.43. The van der Waals surface area contributed by atoms with Gasteiger partial charge >= 0.3 is 0 Å². The van der Waals surface area contributed by atoms with Gasteiger partial charge in [-0.15, -0.1) is 0 Å². The summed E-state index contributed by atoms with van der Waals surface area (Å²) >= 11 is 0. The number of benzene rings is 3. The molecule has 0 spiro atoms. The Morgan fingerprint density at radius 1 is 0.633 bits per heavy atom. The van der Waals surface area contributed by atoms with Gasteiger partial charge in [-0.2, -0.15) is 0 Å². The highest BCUT2D eigenvalue weighted by Gasteiger charge is 2.16. The molecule has 0 aliphatic heterocycles. The molecule has 0 radical (unpaired) electrons. The standard InChI is InChI=1S/C28H34O2/c1-5-7-9-11-17-29-27-23-15-13-21(3)19-25(23)28(30-18-12-10-8-6-2)26-20-22(4)14-16-24(26)27/h5-8,13-16,19-20H,9-12,17-18H2,1-4H3/b7-5+,8-6+. The van der Waals surface area contributed by atoms with E-state index >= 15 is 0 Å². The number of allylic oxidation sites excluding steroid dienone is 4. The summed E-state index contributed by atoms with van der Waals surface area (Å²) in [5, 5.41) is 4.54. The Kier molecular flexibility index (Phi) is 7.96. The Labute approximate surface area is 181 Å². The molecule has 158 valence electrons. The Bertz CT molecular complexity index is 981. The average Bonchev–Trinajstić information content (AvgIpc) is 2.74. The Morgan fingerprint density at radius 2 is 1.07 bits per heavy atom. The van der Waals surface area contributed by atoms with Gasteiger partial charge in [0.15, 0.2) is 0 Å². The molecule has 0 bridgehead atoms. The smallest absolute Gasteiger partial charge is 0.135 e. The molecule has 0 amide bonds. The Morgan fingerprint density at radius 3 is 1.50 bits per heavy atom. The third-order valence-corrected chi connectivity index (χ3v) is 5.32. The highest BCUT2D eigenvalue weighted by molar-refractivity contribution is 6.11. The highest BCUT2D eigenvalue weighted by atomic mass is 16.5. The SMILES string of the molecule is C/C=C/CCCOc1c2ccc(C)cc2c(OCCC/C=C/C)c2cc(C)ccc12. The molecular formula is C28H34O2. The normalized spacial score (nSPS) is 11.9. The van der Waals surface area contributed by atoms with Crippen molar-refractivity contribution in [3.8, 4) is 11.5 Å². The van der Waals surface area contributed by atoms with Gasteiger partial charge in [0.05, 0.1) is 13.2 Å². The topological polar surface area (TPSA) is 18.5 Å². The second kappa shape index (κ2) is 10.9. The number of ether oxygens (including phenoxy) is 2. The van der Waals surface area contributed by atoms with E-state index in [1.807, 2.05) is 0 Å². The van der Waals surface area contributed by atoms with Gasteiger partial charge in [0.25, 0.3) is 0 Å². The quantitative estimate of drug-likeness (QED) is 0.194. The van der Waals surface area contributed by atoms with Crippen molar-refractivity contribution in [3.63, 3.8) is 0 Å². The lowest BCUT2D eigenvalue weighted by molar-refractivity contribution is 0.314. The molecule has 30 heavy (non-hydrogen) atoms. The summed E-state index contributed by atoms with van der Waals surface area (Å²) in [6.07, 6.45) is 12.7. The van der Waals surface area contributed by atoms with Gasteiger partial charge in [-0.3, -0.25) is 0 Å². The number of fused-ring (bicyclic) bond motifs is 2. The van der Waals surface area contributed by atoms with Crippen molar-refractivity contribution in [1.82, 2.24) is 0 Å². The van der Waals surface area contributed by atoms with Crippen molar-refractivity contribution in [2.24, 2.45) is 0 Å². The first-order valence-corrected chi connectivity index (χ1v) is 11.1. The summed E-state index contributed by atoms with van der Waals surface area (Å²) < 4.78 is 12.8. The van der Waals surface area contributed by atoms with E-state index in [1.165, 1.54) is 11.1 Å². The molecule has 0 N–H and O–H groups in total. The largest absolute Gasteiger partial charge is 0.492 e. The van der Waals surface area contributed by atoms with Crippen LogP contribution >= 0.6 is 0 Å². The molecular weight excluding hydrogens is 368 g/mol. The predicted octanol–water partition coefficient (Wildman–Crippen LogP) is 8.08. The monoisotopic (exact) mass is 402 g/mol. The molecule has 0 heterocycles. The first-order valence-electron chi connectivity index (χ1n) is 11.1. The van der Waals surface area contributed by atoms with E-state index in [0.29, 0.717) is 13.2 Å². The molecule has 0 fully saturated rings. The Balaban J connectivity index is 2.05. The lowest BCUT2D eigenvalue weighted by atomic mass is 9.97. The second-order valence-electron chi connectivity index (χ2n) is 7.88. The molecule has 3 aromatic carbocycles. The minimum Gasteiger partial charge on any atom is -0.492 e. The molecule has 0 aliphatic carbocycles. The summed E-state index contributed by atoms with van der Waals surface area (Å²) in [5.74, 6) is 1.95. The van der Waals surface area contributed by atoms with Crippen LogP contribution in [-0.4, -0.2) is 13.2 Å². The van der Waals surface area contributed by atoms with Crippen LogP contribution in [0.2, 0.25) is 0 Å². The fourth-order valence-electron chi connectivity index (χ4n) is 3.77. The van der Waals surface area contributed by atoms with Gasteiger partial charge in [0.1, 0.15) is 11.5 Å². The predicted molar refractivity (Wildman–Crippen MR) is 130 cm³/mol. The summed E-state index contributed by atoms with van der Waals surface area (Å²) in [4.78, 5) is 0. The maximum Gasteiger partial charge on any atom is 0.135 e. The van der Waals surface area contributed by atoms with Crippen LogP contribution in [0.4, 0.5) is 0 Å². The summed E-state index contributed by atoms with van der Waals surface area (Å²) in [7, 11) is 0. The zero-order valence-electron chi connectivity index (χ0n) is 18.8. The number of rotatable bonds is 10. The van der Waals surface area contributed by atoms with Crippen molar-refractivity contribution in [2.75, 3.05) is 13.2 Å². The van der Waals surface area contributed by atoms with E-state index in [1.54, 1.807) is 0 Å². The molecule has 0 atom stereocenters. The minimum absolute atomic E-state index is 0.708. The first-order chi connectivity index (χ1) is 14.7. The Hall–Kier alpha value is -2.74. The van der Waals surface area contributed by atoms with Crippen molar-refractivity contribution in [3.05, 3.63) is 71.8 Å². The third kappa shape index (κ3) is 5.24. The lowest BCUT2D eigenvalue weighted by Gasteiger charge is -2.18. The summed E-state index contributed by atoms with van der Waals surface area (Å²) in [6, 6.07) is 13.1. The number of unbranched alkanes of at least 4 members (excludes halogenated alkanes) is 2. The van der Waals surface area contributed by atoms with Crippen LogP contribution in [0.1, 0.15) is 50.7 Å². The van der Waals surface area contributed by atoms with Gasteiger partial charge < -0.3 is 9.47 Å². The van der Waals surface area contributed by atoms with Gasteiger partial charge in [-0.05, 0) is 65.5 Å². The summed E-state index contributed by atoms with van der Waals surface area (Å²) in [6.45, 7) is 9.80. The summed E-state index contributed by atoms with van der Waals surface area (Å²) in [5.41, 5.74) is 2.46. The van der Waals surface area contributed by atoms with Crippen LogP contribution in [0.3, 0.4) is 0 Å². The number of hydrogen-bond donors (Lipinski definition) is 0. The number of aryl methyl sites for hydroxylation is 2. The zero-order chi connectivity index (χ0) is 21.3. The van der Waals surface area contributed by atoms with Gasteiger partial charge in [-0.25, -0.2) is 0 Å². The van der Waals surface area contributed by atoms with Crippen molar-refractivity contribution in [2.45, 2.75) is 53.4 Å². The molecule has 0 saturated carbocycles. The van der Waals surface area contributed by atoms with Gasteiger partial charge in [0, 0.05) is 21.5 Å². The van der Waals surface area contributed by atoms with E-state index in [4.69, 9.17) is 9.47 Å². The third-order valence-electron chi connectivity index (χ3n) is 5.32. The van der Waals surface area contributed by atoms with Crippen LogP contribution in [0.5, 0.6) is 11.5 Å². The van der Waals surface area contributed by atoms with Gasteiger partial charge in [-0.1, -0.05) is 59.7 Å². The van der Waals surface area contributed by atoms with Gasteiger partial charge in [0.2, 0.25) is 0 Å². The zero-order valence-corrected chi connectivity index (χ0v) is 18.8. The second-order valence-corrected chi connectivity index (χ2v) is 7.88. The van der Waals surface area contributed by atoms with E-state index in [2.05, 4.69) is 88.4 Å². The van der Waals surface area contributed by atoms with E-state index in [-0.39, 0.29) is 0 Å². The van der Waals surface area contributed by atoms with Crippen LogP contribution < -0.4 is 9.47 Å².